The molecule has 0 spiro atoms. The third-order valence-corrected chi connectivity index (χ3v) is 4.62. The molecule has 6 N–H and O–H groups in total. The Hall–Kier alpha value is -4.22. The van der Waals surface area contributed by atoms with Gasteiger partial charge in [0.2, 0.25) is 0 Å². The molecule has 0 aliphatic heterocycles. The number of benzene rings is 3. The Balaban J connectivity index is 0.000000784. The first-order chi connectivity index (χ1) is 16.3. The zero-order valence-electron chi connectivity index (χ0n) is 19.2. The lowest BCUT2D eigenvalue weighted by Gasteiger charge is -2.14. The van der Waals surface area contributed by atoms with Crippen LogP contribution < -0.4 is 15.8 Å². The van der Waals surface area contributed by atoms with Crippen molar-refractivity contribution >= 4 is 33.5 Å². The summed E-state index contributed by atoms with van der Waals surface area (Å²) in [5, 5.41) is 19.9. The molecule has 0 aromatic heterocycles. The van der Waals surface area contributed by atoms with Crippen LogP contribution in [0.25, 0.3) is 11.1 Å². The van der Waals surface area contributed by atoms with Crippen molar-refractivity contribution in [3.05, 3.63) is 82.9 Å². The number of nitrogen functional groups attached to an aromatic ring is 1. The van der Waals surface area contributed by atoms with Crippen molar-refractivity contribution < 1.29 is 32.4 Å². The van der Waals surface area contributed by atoms with E-state index in [-0.39, 0.29) is 17.3 Å². The topological polar surface area (TPSA) is 180 Å². The zero-order chi connectivity index (χ0) is 26.3. The molecule has 0 fully saturated rings. The van der Waals surface area contributed by atoms with Crippen LogP contribution in [0.15, 0.2) is 60.7 Å². The maximum absolute atomic E-state index is 13.0. The van der Waals surface area contributed by atoms with Gasteiger partial charge in [-0.15, -0.1) is 0 Å². The Labute approximate surface area is 202 Å². The molecule has 0 aliphatic carbocycles. The number of carboxylic acids is 1. The number of anilines is 1. The number of nitrogens with one attached hydrogen (secondary N) is 2. The number of methoxy groups -OCH3 is 1. The number of hydrogen-bond acceptors (Lipinski definition) is 6. The fourth-order valence-corrected chi connectivity index (χ4v) is 3.07. The molecular formula is C24H25N3O7S. The van der Waals surface area contributed by atoms with E-state index in [2.05, 4.69) is 5.32 Å². The quantitative estimate of drug-likeness (QED) is 0.194. The van der Waals surface area contributed by atoms with E-state index in [4.69, 9.17) is 20.4 Å². The highest BCUT2D eigenvalue weighted by Crippen LogP contribution is 2.31. The van der Waals surface area contributed by atoms with Crippen LogP contribution in [0, 0.1) is 12.3 Å². The van der Waals surface area contributed by atoms with E-state index >= 15 is 0 Å². The molecule has 3 aromatic rings. The number of nitrogens with two attached hydrogens (primary N) is 1. The number of aromatic carboxylic acids is 1. The number of carboxylic acid groups (broad SMARTS) is 1. The number of hydrogen-bond donors (Lipinski definition) is 5. The minimum atomic E-state index is -3.67. The van der Waals surface area contributed by atoms with E-state index in [9.17, 15) is 23.1 Å². The van der Waals surface area contributed by atoms with Gasteiger partial charge in [-0.1, -0.05) is 17.7 Å². The van der Waals surface area contributed by atoms with Gasteiger partial charge in [0, 0.05) is 16.8 Å². The molecular weight excluding hydrogens is 474 g/mol. The molecule has 0 radical (unpaired) electrons. The molecule has 10 nitrogen and oxygen atoms in total. The van der Waals surface area contributed by atoms with Crippen molar-refractivity contribution in [2.45, 2.75) is 6.92 Å². The van der Waals surface area contributed by atoms with Crippen LogP contribution in [0.2, 0.25) is 0 Å². The molecule has 0 bridgehead atoms. The fourth-order valence-electron chi connectivity index (χ4n) is 3.07. The number of carbonyl (C=O) groups is 2. The van der Waals surface area contributed by atoms with Gasteiger partial charge in [-0.3, -0.25) is 14.8 Å². The lowest BCUT2D eigenvalue weighted by Crippen LogP contribution is -2.15. The average molecular weight is 500 g/mol. The summed E-state index contributed by atoms with van der Waals surface area (Å²) < 4.78 is 31.0. The summed E-state index contributed by atoms with van der Waals surface area (Å²) in [4.78, 5) is 24.8. The van der Waals surface area contributed by atoms with Crippen LogP contribution in [-0.2, 0) is 10.1 Å². The van der Waals surface area contributed by atoms with Gasteiger partial charge in [-0.05, 0) is 66.6 Å². The molecule has 35 heavy (non-hydrogen) atoms. The predicted octanol–water partition coefficient (Wildman–Crippen LogP) is 3.41. The number of amides is 1. The Morgan fingerprint density at radius 2 is 1.51 bits per heavy atom. The number of carbonyl (C=O) groups excluding carboxylic acids is 1. The molecule has 1 amide bonds. The summed E-state index contributed by atoms with van der Waals surface area (Å²) >= 11 is 0. The SMILES string of the molecule is COc1ccc(-c2ccc(C)cc2C(=O)Nc2ccc(C(=N)N)cc2)c(C(=O)O)c1.CS(=O)(=O)O. The third-order valence-electron chi connectivity index (χ3n) is 4.62. The molecule has 0 unspecified atom stereocenters. The number of ether oxygens (including phenoxy) is 1. The Bertz CT molecular complexity index is 1360. The maximum Gasteiger partial charge on any atom is 0.336 e. The lowest BCUT2D eigenvalue weighted by molar-refractivity contribution is 0.0697. The van der Waals surface area contributed by atoms with Gasteiger partial charge in [0.15, 0.2) is 0 Å². The highest BCUT2D eigenvalue weighted by molar-refractivity contribution is 7.85. The summed E-state index contributed by atoms with van der Waals surface area (Å²) in [7, 11) is -2.21. The van der Waals surface area contributed by atoms with Crippen LogP contribution >= 0.6 is 0 Å². The summed E-state index contributed by atoms with van der Waals surface area (Å²) in [5.41, 5.74) is 8.70. The third kappa shape index (κ3) is 7.95. The van der Waals surface area contributed by atoms with Crippen molar-refractivity contribution in [1.29, 1.82) is 5.41 Å². The first kappa shape index (κ1) is 27.0. The summed E-state index contributed by atoms with van der Waals surface area (Å²) in [6, 6.07) is 16.6. The van der Waals surface area contributed by atoms with E-state index in [0.717, 1.165) is 5.56 Å². The number of aryl methyl sites for hydroxylation is 1. The molecule has 0 atom stereocenters. The number of rotatable bonds is 6. The van der Waals surface area contributed by atoms with E-state index in [1.165, 1.54) is 13.2 Å². The molecule has 0 saturated carbocycles. The van der Waals surface area contributed by atoms with Crippen LogP contribution in [0.3, 0.4) is 0 Å². The highest BCUT2D eigenvalue weighted by Gasteiger charge is 2.19. The largest absolute Gasteiger partial charge is 0.497 e. The van der Waals surface area contributed by atoms with Crippen molar-refractivity contribution in [3.63, 3.8) is 0 Å². The Morgan fingerprint density at radius 1 is 0.971 bits per heavy atom. The van der Waals surface area contributed by atoms with Gasteiger partial charge in [-0.25, -0.2) is 4.79 Å². The summed E-state index contributed by atoms with van der Waals surface area (Å²) in [6.07, 6.45) is 0.715. The molecule has 0 heterocycles. The van der Waals surface area contributed by atoms with Crippen LogP contribution in [0.5, 0.6) is 5.75 Å². The second-order valence-corrected chi connectivity index (χ2v) is 8.91. The van der Waals surface area contributed by atoms with Gasteiger partial charge in [-0.2, -0.15) is 8.42 Å². The highest BCUT2D eigenvalue weighted by atomic mass is 32.2. The summed E-state index contributed by atoms with van der Waals surface area (Å²) in [6.45, 7) is 1.86. The van der Waals surface area contributed by atoms with Gasteiger partial charge < -0.3 is 20.9 Å². The molecule has 3 aromatic carbocycles. The molecule has 11 heteroatoms. The minimum Gasteiger partial charge on any atom is -0.497 e. The average Bonchev–Trinajstić information content (AvgIpc) is 2.78. The van der Waals surface area contributed by atoms with Crippen molar-refractivity contribution in [1.82, 2.24) is 0 Å². The predicted molar refractivity (Wildman–Crippen MR) is 133 cm³/mol. The summed E-state index contributed by atoms with van der Waals surface area (Å²) in [5.74, 6) is -1.14. The monoisotopic (exact) mass is 499 g/mol. The normalized spacial score (nSPS) is 10.5. The van der Waals surface area contributed by atoms with Crippen molar-refractivity contribution in [2.75, 3.05) is 18.7 Å². The van der Waals surface area contributed by atoms with Gasteiger partial charge in [0.05, 0.1) is 18.9 Å². The van der Waals surface area contributed by atoms with Gasteiger partial charge >= 0.3 is 5.97 Å². The van der Waals surface area contributed by atoms with Crippen LogP contribution in [0.1, 0.15) is 31.8 Å². The van der Waals surface area contributed by atoms with Crippen molar-refractivity contribution in [3.8, 4) is 16.9 Å². The fraction of sp³-hybridized carbons (Fsp3) is 0.125. The van der Waals surface area contributed by atoms with E-state index < -0.39 is 16.1 Å². The number of amidine groups is 1. The van der Waals surface area contributed by atoms with Gasteiger partial charge in [0.1, 0.15) is 11.6 Å². The lowest BCUT2D eigenvalue weighted by atomic mass is 9.93. The second kappa shape index (κ2) is 11.3. The first-order valence-corrected chi connectivity index (χ1v) is 11.9. The van der Waals surface area contributed by atoms with Crippen LogP contribution in [0.4, 0.5) is 5.69 Å². The first-order valence-electron chi connectivity index (χ1n) is 10.0. The smallest absolute Gasteiger partial charge is 0.336 e. The molecule has 0 saturated heterocycles. The second-order valence-electron chi connectivity index (χ2n) is 7.44. The maximum atomic E-state index is 13.0. The molecule has 0 aliphatic rings. The molecule has 184 valence electrons. The molecule has 3 rings (SSSR count). The Kier molecular flexibility index (Phi) is 8.70. The minimum absolute atomic E-state index is 0.0399. The zero-order valence-corrected chi connectivity index (χ0v) is 20.0. The van der Waals surface area contributed by atoms with Crippen LogP contribution in [-0.4, -0.2) is 49.2 Å². The van der Waals surface area contributed by atoms with E-state index in [0.29, 0.717) is 39.9 Å². The van der Waals surface area contributed by atoms with E-state index in [1.54, 1.807) is 48.5 Å². The van der Waals surface area contributed by atoms with Gasteiger partial charge in [0.25, 0.3) is 16.0 Å². The standard InChI is InChI=1S/C23H21N3O4.CH4O3S/c1-13-3-9-17(18-10-8-16(30-2)12-20(18)23(28)29)19(11-13)22(27)26-15-6-4-14(5-7-15)21(24)25;1-5(2,3)4/h3-12H,1-2H3,(H3,24,25)(H,26,27)(H,28,29);1H3,(H,2,3,4). The van der Waals surface area contributed by atoms with E-state index in [1.807, 2.05) is 13.0 Å². The Morgan fingerprint density at radius 3 is 2.03 bits per heavy atom. The van der Waals surface area contributed by atoms with Crippen molar-refractivity contribution in [2.24, 2.45) is 5.73 Å².